The number of fused-ring (bicyclic) bond motifs is 4. The minimum atomic E-state index is -1.32. The second-order valence-electron chi connectivity index (χ2n) is 9.55. The summed E-state index contributed by atoms with van der Waals surface area (Å²) >= 11 is 0. The van der Waals surface area contributed by atoms with Gasteiger partial charge in [0.15, 0.2) is 5.54 Å². The van der Waals surface area contributed by atoms with Crippen molar-refractivity contribution in [3.8, 4) is 11.8 Å². The third-order valence-corrected chi connectivity index (χ3v) is 7.89. The summed E-state index contributed by atoms with van der Waals surface area (Å²) < 4.78 is 5.91. The highest BCUT2D eigenvalue weighted by molar-refractivity contribution is 6.07. The molecular formula is C28H24N4O4. The molecule has 6 rings (SSSR count). The molecule has 1 N–H and O–H groups in total. The fourth-order valence-corrected chi connectivity index (χ4v) is 6.48. The molecule has 36 heavy (non-hydrogen) atoms. The molecule has 8 heteroatoms. The van der Waals surface area contributed by atoms with Crippen LogP contribution in [0.15, 0.2) is 72.8 Å². The van der Waals surface area contributed by atoms with E-state index < -0.39 is 17.5 Å². The zero-order valence-corrected chi connectivity index (χ0v) is 19.5. The zero-order chi connectivity index (χ0) is 24.9. The van der Waals surface area contributed by atoms with Gasteiger partial charge in [-0.25, -0.2) is 0 Å². The van der Waals surface area contributed by atoms with Gasteiger partial charge >= 0.3 is 0 Å². The number of nitrogens with zero attached hydrogens (tertiary/aromatic N) is 3. The number of hydrogen-bond donors (Lipinski definition) is 1. The molecule has 0 unspecified atom stereocenters. The van der Waals surface area contributed by atoms with Crippen LogP contribution in [-0.4, -0.2) is 34.4 Å². The summed E-state index contributed by atoms with van der Waals surface area (Å²) in [7, 11) is 0. The van der Waals surface area contributed by atoms with E-state index in [2.05, 4.69) is 16.3 Å². The zero-order valence-electron chi connectivity index (χ0n) is 19.5. The molecule has 0 aliphatic carbocycles. The van der Waals surface area contributed by atoms with Crippen molar-refractivity contribution in [2.75, 3.05) is 11.9 Å². The number of hydrogen-bond acceptors (Lipinski definition) is 6. The molecule has 3 heterocycles. The molecule has 4 atom stereocenters. The van der Waals surface area contributed by atoms with E-state index in [0.717, 1.165) is 24.0 Å². The lowest BCUT2D eigenvalue weighted by Gasteiger charge is -2.32. The van der Waals surface area contributed by atoms with Crippen LogP contribution in [0.25, 0.3) is 0 Å². The van der Waals surface area contributed by atoms with Gasteiger partial charge in [-0.3, -0.25) is 19.8 Å². The fraction of sp³-hybridized carbons (Fsp3) is 0.286. The van der Waals surface area contributed by atoms with E-state index in [1.807, 2.05) is 66.7 Å². The van der Waals surface area contributed by atoms with Crippen LogP contribution >= 0.6 is 0 Å². The second kappa shape index (κ2) is 8.47. The van der Waals surface area contributed by atoms with E-state index >= 15 is 0 Å². The number of nitro groups is 1. The number of anilines is 1. The summed E-state index contributed by atoms with van der Waals surface area (Å²) in [6.45, 7) is 0.896. The highest BCUT2D eigenvalue weighted by Gasteiger charge is 2.73. The smallest absolute Gasteiger partial charge is 0.256 e. The van der Waals surface area contributed by atoms with Gasteiger partial charge < -0.3 is 10.1 Å². The molecule has 3 aliphatic rings. The van der Waals surface area contributed by atoms with Crippen LogP contribution in [0.3, 0.4) is 0 Å². The molecule has 3 aromatic carbocycles. The number of ether oxygens (including phenoxy) is 1. The van der Waals surface area contributed by atoms with E-state index in [1.54, 1.807) is 6.07 Å². The van der Waals surface area contributed by atoms with Crippen molar-refractivity contribution < 1.29 is 14.5 Å². The highest BCUT2D eigenvalue weighted by atomic mass is 16.6. The molecule has 2 saturated heterocycles. The fourth-order valence-electron chi connectivity index (χ4n) is 6.48. The second-order valence-corrected chi connectivity index (χ2v) is 9.55. The summed E-state index contributed by atoms with van der Waals surface area (Å²) in [5.41, 5.74) is 2.22. The average molecular weight is 481 g/mol. The maximum absolute atomic E-state index is 13.5. The van der Waals surface area contributed by atoms with E-state index in [-0.39, 0.29) is 23.5 Å². The molecule has 180 valence electrons. The van der Waals surface area contributed by atoms with Crippen molar-refractivity contribution in [2.45, 2.75) is 43.0 Å². The molecule has 1 spiro atoms. The van der Waals surface area contributed by atoms with E-state index in [0.29, 0.717) is 29.1 Å². The first-order chi connectivity index (χ1) is 17.6. The maximum Gasteiger partial charge on any atom is 0.256 e. The topological polar surface area (TPSA) is 108 Å². The molecule has 2 fully saturated rings. The Morgan fingerprint density at radius 1 is 1.11 bits per heavy atom. The Hall–Kier alpha value is -4.22. The predicted octanol–water partition coefficient (Wildman–Crippen LogP) is 4.19. The first kappa shape index (κ1) is 22.3. The Bertz CT molecular complexity index is 1400. The van der Waals surface area contributed by atoms with Gasteiger partial charge in [0.25, 0.3) is 11.9 Å². The SMILES string of the molecule is N#Cc1ccccc1COc1ccc([C@@H]2[C@@H]3CCCN3[C@@]3(C(=O)Nc4ccccc43)[C@@H]2[N+](=O)[O-])cc1. The van der Waals surface area contributed by atoms with Crippen LogP contribution in [0, 0.1) is 21.4 Å². The predicted molar refractivity (Wildman–Crippen MR) is 132 cm³/mol. The number of carbonyl (C=O) groups excluding carboxylic acids is 1. The van der Waals surface area contributed by atoms with Gasteiger partial charge in [-0.15, -0.1) is 0 Å². The number of benzene rings is 3. The largest absolute Gasteiger partial charge is 0.489 e. The molecular weight excluding hydrogens is 456 g/mol. The Morgan fingerprint density at radius 3 is 2.64 bits per heavy atom. The molecule has 1 amide bonds. The quantitative estimate of drug-likeness (QED) is 0.433. The maximum atomic E-state index is 13.5. The third-order valence-electron chi connectivity index (χ3n) is 7.89. The van der Waals surface area contributed by atoms with Crippen molar-refractivity contribution in [1.29, 1.82) is 5.26 Å². The van der Waals surface area contributed by atoms with Crippen LogP contribution < -0.4 is 10.1 Å². The van der Waals surface area contributed by atoms with Crippen LogP contribution in [0.1, 0.15) is 41.0 Å². The van der Waals surface area contributed by atoms with Gasteiger partial charge in [-0.2, -0.15) is 5.26 Å². The van der Waals surface area contributed by atoms with Gasteiger partial charge in [0.2, 0.25) is 0 Å². The Balaban J connectivity index is 1.34. The Morgan fingerprint density at radius 2 is 1.86 bits per heavy atom. The number of rotatable bonds is 5. The van der Waals surface area contributed by atoms with Crippen molar-refractivity contribution in [1.82, 2.24) is 4.90 Å². The number of carbonyl (C=O) groups is 1. The monoisotopic (exact) mass is 480 g/mol. The summed E-state index contributed by atoms with van der Waals surface area (Å²) in [4.78, 5) is 28.0. The van der Waals surface area contributed by atoms with Crippen LogP contribution in [0.2, 0.25) is 0 Å². The Kier molecular flexibility index (Phi) is 5.23. The van der Waals surface area contributed by atoms with Crippen molar-refractivity contribution in [3.63, 3.8) is 0 Å². The van der Waals surface area contributed by atoms with Gasteiger partial charge in [-0.1, -0.05) is 48.5 Å². The van der Waals surface area contributed by atoms with Crippen molar-refractivity contribution in [2.24, 2.45) is 0 Å². The molecule has 3 aliphatic heterocycles. The summed E-state index contributed by atoms with van der Waals surface area (Å²) in [6, 6.07) is 22.9. The van der Waals surface area contributed by atoms with Gasteiger partial charge in [0.1, 0.15) is 12.4 Å². The standard InChI is InChI=1S/C28H24N4O4/c29-16-19-6-1-2-7-20(19)17-36-21-13-11-18(12-14-21)25-24-10-5-15-31(24)28(26(25)32(34)35)22-8-3-4-9-23(22)30-27(28)33/h1-4,6-9,11-14,24-26H,5,10,15,17H2,(H,30,33)/t24-,25+,26+,28+/m0/s1. The molecule has 0 bridgehead atoms. The lowest BCUT2D eigenvalue weighted by atomic mass is 9.77. The van der Waals surface area contributed by atoms with E-state index in [4.69, 9.17) is 4.74 Å². The minimum absolute atomic E-state index is 0.105. The summed E-state index contributed by atoms with van der Waals surface area (Å²) in [5, 5.41) is 24.9. The average Bonchev–Trinajstić information content (AvgIpc) is 3.56. The first-order valence-corrected chi connectivity index (χ1v) is 12.1. The van der Waals surface area contributed by atoms with Crippen molar-refractivity contribution in [3.05, 3.63) is 105 Å². The van der Waals surface area contributed by atoms with Gasteiger partial charge in [0.05, 0.1) is 17.6 Å². The minimum Gasteiger partial charge on any atom is -0.489 e. The molecule has 3 aromatic rings. The van der Waals surface area contributed by atoms with Crippen LogP contribution in [0.5, 0.6) is 5.75 Å². The number of nitrogens with one attached hydrogen (secondary N) is 1. The normalized spacial score (nSPS) is 26.3. The van der Waals surface area contributed by atoms with Crippen LogP contribution in [0.4, 0.5) is 5.69 Å². The lowest BCUT2D eigenvalue weighted by Crippen LogP contribution is -2.55. The van der Waals surface area contributed by atoms with E-state index in [1.165, 1.54) is 0 Å². The van der Waals surface area contributed by atoms with Crippen molar-refractivity contribution >= 4 is 11.6 Å². The number of nitriles is 1. The lowest BCUT2D eigenvalue weighted by molar-refractivity contribution is -0.534. The first-order valence-electron chi connectivity index (χ1n) is 12.1. The third kappa shape index (κ3) is 3.13. The molecule has 0 radical (unpaired) electrons. The Labute approximate surface area is 208 Å². The molecule has 0 saturated carbocycles. The summed E-state index contributed by atoms with van der Waals surface area (Å²) in [5.74, 6) is -0.132. The summed E-state index contributed by atoms with van der Waals surface area (Å²) in [6.07, 6.45) is 1.69. The molecule has 8 nitrogen and oxygen atoms in total. The number of para-hydroxylation sites is 1. The van der Waals surface area contributed by atoms with Gasteiger partial charge in [-0.05, 0) is 42.7 Å². The molecule has 0 aromatic heterocycles. The van der Waals surface area contributed by atoms with E-state index in [9.17, 15) is 20.2 Å². The van der Waals surface area contributed by atoms with Crippen LogP contribution in [-0.2, 0) is 16.9 Å². The number of amides is 1. The highest BCUT2D eigenvalue weighted by Crippen LogP contribution is 2.58. The van der Waals surface area contributed by atoms with Gasteiger partial charge in [0, 0.05) is 34.3 Å².